The number of amides is 2. The van der Waals surface area contributed by atoms with Crippen LogP contribution in [0.2, 0.25) is 0 Å². The largest absolute Gasteiger partial charge is 0.486 e. The minimum atomic E-state index is -0.502. The van der Waals surface area contributed by atoms with Gasteiger partial charge < -0.3 is 29.9 Å². The van der Waals surface area contributed by atoms with Gasteiger partial charge in [0, 0.05) is 54.6 Å². The molecule has 2 heterocycles. The molecular formula is C29H29N5O6. The standard InChI is InChI=1S/C29H29N5O6/c1-32(2)13-12-26(35)33(3)20-7-5-19(6-8-20)30-28(18-4-11-24-25(16-18)40-15-14-39-24)27-22-10-9-21(34(37)38)17-23(22)31-29(27)36/h4-11,16-17,30H,12-15H2,1-3H3,(H,31,36). The van der Waals surface area contributed by atoms with E-state index in [1.807, 2.05) is 49.3 Å². The SMILES string of the molecule is CN(C)CCC(=O)N(C)c1ccc(NC(=C2C(=O)Nc3cc([N+](=O)[O-])ccc32)c2ccc3c(c2)OCCO3)cc1. The summed E-state index contributed by atoms with van der Waals surface area (Å²) < 4.78 is 11.4. The van der Waals surface area contributed by atoms with Crippen molar-refractivity contribution in [3.63, 3.8) is 0 Å². The molecular weight excluding hydrogens is 514 g/mol. The molecule has 0 spiro atoms. The van der Waals surface area contributed by atoms with Gasteiger partial charge in [0.2, 0.25) is 5.91 Å². The normalized spacial score (nSPS) is 14.8. The van der Waals surface area contributed by atoms with E-state index in [0.717, 1.165) is 5.69 Å². The highest BCUT2D eigenvalue weighted by molar-refractivity contribution is 6.37. The van der Waals surface area contributed by atoms with Crippen LogP contribution in [0.15, 0.2) is 60.7 Å². The average Bonchev–Trinajstić information content (AvgIpc) is 3.28. The van der Waals surface area contributed by atoms with E-state index in [9.17, 15) is 19.7 Å². The Hall–Kier alpha value is -4.90. The smallest absolute Gasteiger partial charge is 0.271 e. The molecule has 206 valence electrons. The number of rotatable bonds is 8. The number of nitrogens with zero attached hydrogens (tertiary/aromatic N) is 3. The molecule has 11 nitrogen and oxygen atoms in total. The van der Waals surface area contributed by atoms with Crippen LogP contribution in [0.4, 0.5) is 22.7 Å². The number of hydrogen-bond acceptors (Lipinski definition) is 8. The summed E-state index contributed by atoms with van der Waals surface area (Å²) in [4.78, 5) is 40.2. The molecule has 2 aliphatic heterocycles. The zero-order valence-corrected chi connectivity index (χ0v) is 22.4. The van der Waals surface area contributed by atoms with E-state index in [1.165, 1.54) is 12.1 Å². The summed E-state index contributed by atoms with van der Waals surface area (Å²) in [7, 11) is 5.58. The van der Waals surface area contributed by atoms with Crippen LogP contribution in [0.3, 0.4) is 0 Å². The van der Waals surface area contributed by atoms with Gasteiger partial charge in [-0.15, -0.1) is 0 Å². The van der Waals surface area contributed by atoms with E-state index in [2.05, 4.69) is 10.6 Å². The second-order valence-electron chi connectivity index (χ2n) is 9.73. The molecule has 0 aliphatic carbocycles. The molecule has 0 fully saturated rings. The van der Waals surface area contributed by atoms with Gasteiger partial charge in [-0.3, -0.25) is 19.7 Å². The van der Waals surface area contributed by atoms with Crippen molar-refractivity contribution in [1.82, 2.24) is 4.90 Å². The highest BCUT2D eigenvalue weighted by Gasteiger charge is 2.30. The number of anilines is 3. The topological polar surface area (TPSA) is 126 Å². The predicted molar refractivity (Wildman–Crippen MR) is 153 cm³/mol. The molecule has 40 heavy (non-hydrogen) atoms. The second-order valence-corrected chi connectivity index (χ2v) is 9.73. The maximum Gasteiger partial charge on any atom is 0.271 e. The van der Waals surface area contributed by atoms with Crippen LogP contribution in [0, 0.1) is 10.1 Å². The van der Waals surface area contributed by atoms with E-state index in [4.69, 9.17) is 9.47 Å². The third-order valence-corrected chi connectivity index (χ3v) is 6.71. The number of hydrogen-bond donors (Lipinski definition) is 2. The fraction of sp³-hybridized carbons (Fsp3) is 0.241. The van der Waals surface area contributed by atoms with E-state index in [1.54, 1.807) is 30.1 Å². The van der Waals surface area contributed by atoms with Crippen molar-refractivity contribution in [3.8, 4) is 11.5 Å². The number of carbonyl (C=O) groups excluding carboxylic acids is 2. The van der Waals surface area contributed by atoms with E-state index in [-0.39, 0.29) is 11.6 Å². The van der Waals surface area contributed by atoms with Gasteiger partial charge in [-0.05, 0) is 62.6 Å². The quantitative estimate of drug-likeness (QED) is 0.246. The Balaban J connectivity index is 1.52. The molecule has 0 unspecified atom stereocenters. The molecule has 0 bridgehead atoms. The first kappa shape index (κ1) is 26.7. The zero-order chi connectivity index (χ0) is 28.4. The molecule has 0 saturated heterocycles. The Bertz CT molecular complexity index is 1520. The molecule has 11 heteroatoms. The lowest BCUT2D eigenvalue weighted by molar-refractivity contribution is -0.384. The van der Waals surface area contributed by atoms with Crippen LogP contribution < -0.4 is 25.0 Å². The first-order chi connectivity index (χ1) is 19.2. The van der Waals surface area contributed by atoms with Crippen LogP contribution >= 0.6 is 0 Å². The lowest BCUT2D eigenvalue weighted by Crippen LogP contribution is -2.29. The zero-order valence-electron chi connectivity index (χ0n) is 22.4. The third kappa shape index (κ3) is 5.45. The van der Waals surface area contributed by atoms with Crippen molar-refractivity contribution >= 4 is 45.8 Å². The number of benzene rings is 3. The van der Waals surface area contributed by atoms with Gasteiger partial charge in [0.25, 0.3) is 11.6 Å². The predicted octanol–water partition coefficient (Wildman–Crippen LogP) is 4.21. The lowest BCUT2D eigenvalue weighted by Gasteiger charge is -2.21. The summed E-state index contributed by atoms with van der Waals surface area (Å²) in [5.74, 6) is 0.773. The van der Waals surface area contributed by atoms with Crippen LogP contribution in [0.1, 0.15) is 17.5 Å². The van der Waals surface area contributed by atoms with Gasteiger partial charge in [-0.1, -0.05) is 0 Å². The Morgan fingerprint density at radius 2 is 1.73 bits per heavy atom. The van der Waals surface area contributed by atoms with Gasteiger partial charge in [0.1, 0.15) is 13.2 Å². The van der Waals surface area contributed by atoms with Gasteiger partial charge in [0.05, 0.1) is 21.9 Å². The number of non-ortho nitro benzene ring substituents is 1. The minimum Gasteiger partial charge on any atom is -0.486 e. The summed E-state index contributed by atoms with van der Waals surface area (Å²) in [6, 6.07) is 17.0. The molecule has 0 radical (unpaired) electrons. The molecule has 2 N–H and O–H groups in total. The van der Waals surface area contributed by atoms with Gasteiger partial charge in [-0.25, -0.2) is 0 Å². The van der Waals surface area contributed by atoms with Crippen molar-refractivity contribution in [3.05, 3.63) is 81.9 Å². The maximum absolute atomic E-state index is 13.3. The Labute approximate surface area is 231 Å². The van der Waals surface area contributed by atoms with Crippen LogP contribution in [-0.2, 0) is 9.59 Å². The molecule has 3 aromatic rings. The van der Waals surface area contributed by atoms with Gasteiger partial charge >= 0.3 is 0 Å². The van der Waals surface area contributed by atoms with Crippen molar-refractivity contribution < 1.29 is 24.0 Å². The third-order valence-electron chi connectivity index (χ3n) is 6.71. The molecule has 2 aliphatic rings. The summed E-state index contributed by atoms with van der Waals surface area (Å²) in [5, 5.41) is 17.4. The summed E-state index contributed by atoms with van der Waals surface area (Å²) in [6.07, 6.45) is 0.399. The average molecular weight is 544 g/mol. The van der Waals surface area contributed by atoms with Gasteiger partial charge in [0.15, 0.2) is 11.5 Å². The number of ether oxygens (including phenoxy) is 2. The first-order valence-electron chi connectivity index (χ1n) is 12.7. The second kappa shape index (κ2) is 11.1. The van der Waals surface area contributed by atoms with Crippen molar-refractivity contribution in [2.45, 2.75) is 6.42 Å². The summed E-state index contributed by atoms with van der Waals surface area (Å²) in [5.41, 5.74) is 3.69. The summed E-state index contributed by atoms with van der Waals surface area (Å²) in [6.45, 7) is 1.51. The van der Waals surface area contributed by atoms with E-state index >= 15 is 0 Å². The highest BCUT2D eigenvalue weighted by atomic mass is 16.6. The maximum atomic E-state index is 13.3. The molecule has 0 atom stereocenters. The Morgan fingerprint density at radius 3 is 2.42 bits per heavy atom. The molecule has 0 saturated carbocycles. The first-order valence-corrected chi connectivity index (χ1v) is 12.7. The molecule has 5 rings (SSSR count). The molecule has 0 aromatic heterocycles. The monoisotopic (exact) mass is 543 g/mol. The Kier molecular flexibility index (Phi) is 7.39. The van der Waals surface area contributed by atoms with Crippen LogP contribution in [-0.4, -0.2) is 62.5 Å². The van der Waals surface area contributed by atoms with Crippen LogP contribution in [0.25, 0.3) is 11.3 Å². The van der Waals surface area contributed by atoms with Crippen LogP contribution in [0.5, 0.6) is 11.5 Å². The molecule has 2 amide bonds. The molecule has 3 aromatic carbocycles. The number of fused-ring (bicyclic) bond motifs is 2. The summed E-state index contributed by atoms with van der Waals surface area (Å²) >= 11 is 0. The number of nitrogens with one attached hydrogen (secondary N) is 2. The number of carbonyl (C=O) groups is 2. The van der Waals surface area contributed by atoms with Gasteiger partial charge in [-0.2, -0.15) is 0 Å². The fourth-order valence-corrected chi connectivity index (χ4v) is 4.54. The van der Waals surface area contributed by atoms with Crippen molar-refractivity contribution in [2.75, 3.05) is 56.4 Å². The van der Waals surface area contributed by atoms with Crippen molar-refractivity contribution in [2.24, 2.45) is 0 Å². The highest BCUT2D eigenvalue weighted by Crippen LogP contribution is 2.41. The fourth-order valence-electron chi connectivity index (χ4n) is 4.54. The van der Waals surface area contributed by atoms with Crippen molar-refractivity contribution in [1.29, 1.82) is 0 Å². The Morgan fingerprint density at radius 1 is 1.00 bits per heavy atom. The lowest BCUT2D eigenvalue weighted by atomic mass is 9.99. The number of nitro groups is 1. The minimum absolute atomic E-state index is 0.00169. The van der Waals surface area contributed by atoms with E-state index in [0.29, 0.717) is 71.5 Å². The number of nitro benzene ring substituents is 1. The van der Waals surface area contributed by atoms with E-state index < -0.39 is 10.8 Å².